The maximum absolute atomic E-state index is 11.6. The SMILES string of the molecule is CC(C)CC(=O)CCC1(C(C)C)OC=CO1. The van der Waals surface area contributed by atoms with Crippen molar-refractivity contribution in [2.24, 2.45) is 11.8 Å². The Morgan fingerprint density at radius 3 is 2.19 bits per heavy atom. The first-order valence-corrected chi connectivity index (χ1v) is 5.98. The average Bonchev–Trinajstić information content (AvgIpc) is 2.63. The first kappa shape index (κ1) is 13.1. The molecular weight excluding hydrogens is 204 g/mol. The monoisotopic (exact) mass is 226 g/mol. The Bertz CT molecular complexity index is 258. The van der Waals surface area contributed by atoms with Crippen molar-refractivity contribution < 1.29 is 14.3 Å². The lowest BCUT2D eigenvalue weighted by atomic mass is 9.94. The van der Waals surface area contributed by atoms with E-state index in [2.05, 4.69) is 13.8 Å². The summed E-state index contributed by atoms with van der Waals surface area (Å²) < 4.78 is 11.0. The van der Waals surface area contributed by atoms with Crippen molar-refractivity contribution in [1.29, 1.82) is 0 Å². The van der Waals surface area contributed by atoms with Crippen LogP contribution in [0.4, 0.5) is 0 Å². The molecule has 0 aromatic carbocycles. The van der Waals surface area contributed by atoms with Crippen molar-refractivity contribution in [3.8, 4) is 0 Å². The fraction of sp³-hybridized carbons (Fsp3) is 0.769. The van der Waals surface area contributed by atoms with Gasteiger partial charge in [-0.1, -0.05) is 27.7 Å². The minimum Gasteiger partial charge on any atom is -0.456 e. The summed E-state index contributed by atoms with van der Waals surface area (Å²) in [7, 11) is 0. The second kappa shape index (κ2) is 5.37. The van der Waals surface area contributed by atoms with E-state index in [1.807, 2.05) is 13.8 Å². The van der Waals surface area contributed by atoms with Crippen LogP contribution in [-0.4, -0.2) is 11.6 Å². The maximum atomic E-state index is 11.6. The number of ether oxygens (including phenoxy) is 2. The molecule has 0 aromatic rings. The fourth-order valence-electron chi connectivity index (χ4n) is 1.86. The molecule has 0 bridgehead atoms. The molecule has 0 saturated carbocycles. The molecule has 0 radical (unpaired) electrons. The van der Waals surface area contributed by atoms with Gasteiger partial charge in [-0.15, -0.1) is 0 Å². The fourth-order valence-corrected chi connectivity index (χ4v) is 1.86. The minimum atomic E-state index is -0.618. The molecule has 3 heteroatoms. The Morgan fingerprint density at radius 1 is 1.19 bits per heavy atom. The standard InChI is InChI=1S/C13H22O3/c1-10(2)9-12(14)5-6-13(11(3)4)15-7-8-16-13/h7-8,10-11H,5-6,9H2,1-4H3. The Hall–Kier alpha value is -0.990. The van der Waals surface area contributed by atoms with E-state index < -0.39 is 5.79 Å². The number of carbonyl (C=O) groups is 1. The summed E-state index contributed by atoms with van der Waals surface area (Å²) in [5.74, 6) is 0.321. The molecule has 0 fully saturated rings. The number of hydrogen-bond acceptors (Lipinski definition) is 3. The third kappa shape index (κ3) is 3.26. The van der Waals surface area contributed by atoms with E-state index in [0.717, 1.165) is 0 Å². The van der Waals surface area contributed by atoms with Gasteiger partial charge in [0.1, 0.15) is 18.3 Å². The normalized spacial score (nSPS) is 17.6. The highest BCUT2D eigenvalue weighted by atomic mass is 16.7. The van der Waals surface area contributed by atoms with E-state index in [4.69, 9.17) is 9.47 Å². The summed E-state index contributed by atoms with van der Waals surface area (Å²) in [6, 6.07) is 0. The molecule has 0 saturated heterocycles. The van der Waals surface area contributed by atoms with E-state index in [1.165, 1.54) is 0 Å². The van der Waals surface area contributed by atoms with Gasteiger partial charge < -0.3 is 9.47 Å². The van der Waals surface area contributed by atoms with Gasteiger partial charge in [-0.25, -0.2) is 0 Å². The first-order chi connectivity index (χ1) is 7.46. The van der Waals surface area contributed by atoms with E-state index in [9.17, 15) is 4.79 Å². The van der Waals surface area contributed by atoms with Gasteiger partial charge in [-0.05, 0) is 5.92 Å². The predicted molar refractivity (Wildman–Crippen MR) is 62.6 cm³/mol. The van der Waals surface area contributed by atoms with Crippen LogP contribution in [0.5, 0.6) is 0 Å². The predicted octanol–water partition coefficient (Wildman–Crippen LogP) is 3.25. The highest BCUT2D eigenvalue weighted by Crippen LogP contribution is 2.33. The molecule has 1 heterocycles. The molecule has 1 rings (SSSR count). The Balaban J connectivity index is 2.43. The van der Waals surface area contributed by atoms with Gasteiger partial charge in [-0.2, -0.15) is 0 Å². The number of rotatable bonds is 6. The smallest absolute Gasteiger partial charge is 0.252 e. The molecule has 3 nitrogen and oxygen atoms in total. The van der Waals surface area contributed by atoms with Crippen molar-refractivity contribution in [3.63, 3.8) is 0 Å². The number of hydrogen-bond donors (Lipinski definition) is 0. The van der Waals surface area contributed by atoms with E-state index >= 15 is 0 Å². The lowest BCUT2D eigenvalue weighted by Crippen LogP contribution is -2.36. The molecule has 0 spiro atoms. The van der Waals surface area contributed by atoms with Gasteiger partial charge in [0.25, 0.3) is 5.79 Å². The van der Waals surface area contributed by atoms with Crippen LogP contribution in [0.1, 0.15) is 47.0 Å². The topological polar surface area (TPSA) is 35.5 Å². The molecule has 1 aliphatic heterocycles. The van der Waals surface area contributed by atoms with Crippen LogP contribution in [0.2, 0.25) is 0 Å². The average molecular weight is 226 g/mol. The zero-order valence-corrected chi connectivity index (χ0v) is 10.7. The maximum Gasteiger partial charge on any atom is 0.252 e. The number of Topliss-reactive ketones (excluding diaryl/α,β-unsaturated/α-hetero) is 1. The molecule has 0 aliphatic carbocycles. The minimum absolute atomic E-state index is 0.231. The van der Waals surface area contributed by atoms with Crippen molar-refractivity contribution in [1.82, 2.24) is 0 Å². The Labute approximate surface area is 97.8 Å². The summed E-state index contributed by atoms with van der Waals surface area (Å²) in [6.07, 6.45) is 4.92. The zero-order valence-electron chi connectivity index (χ0n) is 10.7. The summed E-state index contributed by atoms with van der Waals surface area (Å²) in [6.45, 7) is 8.19. The molecule has 92 valence electrons. The summed E-state index contributed by atoms with van der Waals surface area (Å²) >= 11 is 0. The van der Waals surface area contributed by atoms with Crippen LogP contribution < -0.4 is 0 Å². The second-order valence-electron chi connectivity index (χ2n) is 5.11. The van der Waals surface area contributed by atoms with Crippen molar-refractivity contribution in [2.45, 2.75) is 52.7 Å². The number of ketones is 1. The summed E-state index contributed by atoms with van der Waals surface area (Å²) in [4.78, 5) is 11.6. The van der Waals surface area contributed by atoms with E-state index in [0.29, 0.717) is 25.2 Å². The Morgan fingerprint density at radius 2 is 1.75 bits per heavy atom. The van der Waals surface area contributed by atoms with Crippen LogP contribution in [0.15, 0.2) is 12.5 Å². The van der Waals surface area contributed by atoms with Crippen LogP contribution in [-0.2, 0) is 14.3 Å². The number of carbonyl (C=O) groups excluding carboxylic acids is 1. The lowest BCUT2D eigenvalue weighted by Gasteiger charge is -2.31. The first-order valence-electron chi connectivity index (χ1n) is 5.98. The quantitative estimate of drug-likeness (QED) is 0.697. The molecule has 16 heavy (non-hydrogen) atoms. The highest BCUT2D eigenvalue weighted by molar-refractivity contribution is 5.78. The molecule has 1 aliphatic rings. The van der Waals surface area contributed by atoms with Crippen molar-refractivity contribution >= 4 is 5.78 Å². The second-order valence-corrected chi connectivity index (χ2v) is 5.11. The zero-order chi connectivity index (χ0) is 12.2. The van der Waals surface area contributed by atoms with Crippen LogP contribution in [0, 0.1) is 11.8 Å². The van der Waals surface area contributed by atoms with Gasteiger partial charge in [0.2, 0.25) is 0 Å². The van der Waals surface area contributed by atoms with E-state index in [1.54, 1.807) is 12.5 Å². The highest BCUT2D eigenvalue weighted by Gasteiger charge is 2.39. The summed E-state index contributed by atoms with van der Waals surface area (Å²) in [5, 5.41) is 0. The van der Waals surface area contributed by atoms with E-state index in [-0.39, 0.29) is 11.7 Å². The molecule has 0 atom stereocenters. The largest absolute Gasteiger partial charge is 0.456 e. The molecule has 0 amide bonds. The van der Waals surface area contributed by atoms with Crippen LogP contribution in [0.25, 0.3) is 0 Å². The Kier molecular flexibility index (Phi) is 4.39. The van der Waals surface area contributed by atoms with Gasteiger partial charge in [0.15, 0.2) is 0 Å². The third-order valence-electron chi connectivity index (χ3n) is 2.86. The van der Waals surface area contributed by atoms with Gasteiger partial charge in [0.05, 0.1) is 0 Å². The third-order valence-corrected chi connectivity index (χ3v) is 2.86. The van der Waals surface area contributed by atoms with Crippen LogP contribution in [0.3, 0.4) is 0 Å². The molecule has 0 aromatic heterocycles. The molecular formula is C13H22O3. The van der Waals surface area contributed by atoms with Crippen molar-refractivity contribution in [2.75, 3.05) is 0 Å². The van der Waals surface area contributed by atoms with Gasteiger partial charge in [-0.3, -0.25) is 4.79 Å². The lowest BCUT2D eigenvalue weighted by molar-refractivity contribution is -0.179. The van der Waals surface area contributed by atoms with Gasteiger partial charge >= 0.3 is 0 Å². The van der Waals surface area contributed by atoms with Gasteiger partial charge in [0, 0.05) is 25.2 Å². The molecule has 0 N–H and O–H groups in total. The van der Waals surface area contributed by atoms with Crippen LogP contribution >= 0.6 is 0 Å². The summed E-state index contributed by atoms with van der Waals surface area (Å²) in [5.41, 5.74) is 0. The van der Waals surface area contributed by atoms with Crippen molar-refractivity contribution in [3.05, 3.63) is 12.5 Å². The molecule has 0 unspecified atom stereocenters.